The Morgan fingerprint density at radius 2 is 1.96 bits per heavy atom. The van der Waals surface area contributed by atoms with Crippen molar-refractivity contribution in [1.82, 2.24) is 10.3 Å². The molecule has 146 valence electrons. The highest BCUT2D eigenvalue weighted by molar-refractivity contribution is 7.93. The number of carbonyl (C=O) groups is 1. The first kappa shape index (κ1) is 19.6. The zero-order valence-corrected chi connectivity index (χ0v) is 16.9. The van der Waals surface area contributed by atoms with Crippen LogP contribution in [0.25, 0.3) is 0 Å². The summed E-state index contributed by atoms with van der Waals surface area (Å²) in [7, 11) is -3.74. The lowest BCUT2D eigenvalue weighted by molar-refractivity contribution is 0.0555. The average Bonchev–Trinajstić information content (AvgIpc) is 3.01. The van der Waals surface area contributed by atoms with Crippen LogP contribution in [0.5, 0.6) is 0 Å². The molecule has 8 nitrogen and oxygen atoms in total. The number of sulfonamides is 1. The minimum atomic E-state index is -3.74. The zero-order chi connectivity index (χ0) is 19.7. The lowest BCUT2D eigenvalue weighted by Crippen LogP contribution is -2.60. The number of hydrogen-bond acceptors (Lipinski definition) is 7. The maximum absolute atomic E-state index is 12.6. The summed E-state index contributed by atoms with van der Waals surface area (Å²) in [6.45, 7) is 6.74. The van der Waals surface area contributed by atoms with Gasteiger partial charge in [0.05, 0.1) is 10.9 Å². The molecule has 1 aliphatic heterocycles. The number of aromatic nitrogens is 1. The van der Waals surface area contributed by atoms with Gasteiger partial charge in [0, 0.05) is 30.4 Å². The summed E-state index contributed by atoms with van der Waals surface area (Å²) in [6, 6.07) is 6.12. The highest BCUT2D eigenvalue weighted by atomic mass is 32.2. The van der Waals surface area contributed by atoms with Gasteiger partial charge in [-0.15, -0.1) is 11.3 Å². The van der Waals surface area contributed by atoms with Crippen LogP contribution in [0.1, 0.15) is 20.8 Å². The lowest BCUT2D eigenvalue weighted by atomic mass is 10.1. The molecule has 2 heterocycles. The predicted molar refractivity (Wildman–Crippen MR) is 105 cm³/mol. The minimum Gasteiger partial charge on any atom is -0.443 e. The summed E-state index contributed by atoms with van der Waals surface area (Å²) < 4.78 is 32.8. The summed E-state index contributed by atoms with van der Waals surface area (Å²) in [5, 5.41) is 5.12. The van der Waals surface area contributed by atoms with Gasteiger partial charge in [0.2, 0.25) is 0 Å². The van der Waals surface area contributed by atoms with E-state index >= 15 is 0 Å². The van der Waals surface area contributed by atoms with E-state index in [1.54, 1.807) is 22.4 Å². The highest BCUT2D eigenvalue weighted by Gasteiger charge is 2.33. The number of anilines is 2. The van der Waals surface area contributed by atoms with Crippen LogP contribution in [-0.2, 0) is 14.8 Å². The van der Waals surface area contributed by atoms with Crippen molar-refractivity contribution in [3.05, 3.63) is 35.8 Å². The quantitative estimate of drug-likeness (QED) is 0.786. The van der Waals surface area contributed by atoms with Crippen molar-refractivity contribution in [2.24, 2.45) is 0 Å². The Kier molecular flexibility index (Phi) is 5.41. The number of benzene rings is 1. The standard InChI is InChI=1S/C17H22N4O4S2/c1-17(2,3)25-16(22)21(13-10-18-11-13)12-4-6-14(7-5-12)27(23,24)20-15-19-8-9-26-15/h4-9,13,18H,10-11H2,1-3H3,(H,19,20). The molecule has 0 unspecified atom stereocenters. The molecule has 1 fully saturated rings. The molecule has 27 heavy (non-hydrogen) atoms. The fourth-order valence-electron chi connectivity index (χ4n) is 2.47. The number of hydrogen-bond donors (Lipinski definition) is 2. The second-order valence-corrected chi connectivity index (χ2v) is 9.68. The predicted octanol–water partition coefficient (Wildman–Crippen LogP) is 2.66. The first-order valence-electron chi connectivity index (χ1n) is 8.41. The highest BCUT2D eigenvalue weighted by Crippen LogP contribution is 2.25. The fourth-order valence-corrected chi connectivity index (χ4v) is 4.25. The molecule has 0 saturated carbocycles. The molecular weight excluding hydrogens is 388 g/mol. The van der Waals surface area contributed by atoms with Crippen LogP contribution in [0, 0.1) is 0 Å². The third kappa shape index (κ3) is 4.76. The third-order valence-corrected chi connectivity index (χ3v) is 5.97. The van der Waals surface area contributed by atoms with E-state index in [9.17, 15) is 13.2 Å². The average molecular weight is 411 g/mol. The summed E-state index contributed by atoms with van der Waals surface area (Å²) in [6.07, 6.45) is 1.07. The van der Waals surface area contributed by atoms with Gasteiger partial charge in [0.25, 0.3) is 10.0 Å². The van der Waals surface area contributed by atoms with Crippen molar-refractivity contribution in [2.75, 3.05) is 22.7 Å². The Balaban J connectivity index is 1.82. The number of rotatable bonds is 5. The molecule has 2 N–H and O–H groups in total. The number of carbonyl (C=O) groups excluding carboxylic acids is 1. The second kappa shape index (κ2) is 7.45. The number of nitrogens with one attached hydrogen (secondary N) is 2. The smallest absolute Gasteiger partial charge is 0.415 e. The maximum Gasteiger partial charge on any atom is 0.415 e. The van der Waals surface area contributed by atoms with Gasteiger partial charge >= 0.3 is 6.09 Å². The molecule has 10 heteroatoms. The van der Waals surface area contributed by atoms with Crippen LogP contribution >= 0.6 is 11.3 Å². The van der Waals surface area contributed by atoms with Gasteiger partial charge in [0.1, 0.15) is 5.60 Å². The molecular formula is C17H22N4O4S2. The second-order valence-electron chi connectivity index (χ2n) is 7.10. The van der Waals surface area contributed by atoms with Crippen LogP contribution in [0.2, 0.25) is 0 Å². The molecule has 1 amide bonds. The van der Waals surface area contributed by atoms with Gasteiger partial charge in [0.15, 0.2) is 5.13 Å². The van der Waals surface area contributed by atoms with Crippen LogP contribution in [0.3, 0.4) is 0 Å². The van der Waals surface area contributed by atoms with Crippen LogP contribution in [0.4, 0.5) is 15.6 Å². The lowest BCUT2D eigenvalue weighted by Gasteiger charge is -2.38. The molecule has 1 aromatic carbocycles. The van der Waals surface area contributed by atoms with Gasteiger partial charge in [-0.2, -0.15) is 0 Å². The molecule has 1 aromatic heterocycles. The van der Waals surface area contributed by atoms with Crippen molar-refractivity contribution in [3.8, 4) is 0 Å². The van der Waals surface area contributed by atoms with E-state index in [0.717, 1.165) is 0 Å². The molecule has 0 radical (unpaired) electrons. The van der Waals surface area contributed by atoms with E-state index in [0.29, 0.717) is 23.9 Å². The van der Waals surface area contributed by atoms with Gasteiger partial charge < -0.3 is 10.1 Å². The fraction of sp³-hybridized carbons (Fsp3) is 0.412. The summed E-state index contributed by atoms with van der Waals surface area (Å²) >= 11 is 1.20. The Labute approximate surface area is 162 Å². The molecule has 0 atom stereocenters. The van der Waals surface area contributed by atoms with E-state index in [1.807, 2.05) is 20.8 Å². The Hall–Kier alpha value is -2.17. The Morgan fingerprint density at radius 3 is 2.44 bits per heavy atom. The third-order valence-electron chi connectivity index (χ3n) is 3.79. The molecule has 1 aliphatic rings. The van der Waals surface area contributed by atoms with Gasteiger partial charge in [-0.05, 0) is 45.0 Å². The summed E-state index contributed by atoms with van der Waals surface area (Å²) in [5.41, 5.74) is -0.0307. The number of ether oxygens (including phenoxy) is 1. The van der Waals surface area contributed by atoms with Crippen molar-refractivity contribution in [2.45, 2.75) is 37.3 Å². The van der Waals surface area contributed by atoms with Gasteiger partial charge in [-0.25, -0.2) is 18.2 Å². The van der Waals surface area contributed by atoms with Crippen molar-refractivity contribution in [1.29, 1.82) is 0 Å². The molecule has 0 bridgehead atoms. The maximum atomic E-state index is 12.6. The molecule has 0 aliphatic carbocycles. The van der Waals surface area contributed by atoms with E-state index in [4.69, 9.17) is 4.74 Å². The molecule has 1 saturated heterocycles. The normalized spacial score (nSPS) is 15.1. The van der Waals surface area contributed by atoms with E-state index in [-0.39, 0.29) is 10.9 Å². The largest absolute Gasteiger partial charge is 0.443 e. The zero-order valence-electron chi connectivity index (χ0n) is 15.3. The monoisotopic (exact) mass is 410 g/mol. The number of thiazole rings is 1. The van der Waals surface area contributed by atoms with Crippen LogP contribution < -0.4 is 14.9 Å². The first-order valence-corrected chi connectivity index (χ1v) is 10.8. The Bertz CT molecular complexity index is 886. The van der Waals surface area contributed by atoms with Crippen molar-refractivity contribution < 1.29 is 17.9 Å². The van der Waals surface area contributed by atoms with Crippen LogP contribution in [-0.4, -0.2) is 44.2 Å². The molecule has 2 aromatic rings. The van der Waals surface area contributed by atoms with Crippen molar-refractivity contribution in [3.63, 3.8) is 0 Å². The summed E-state index contributed by atoms with van der Waals surface area (Å²) in [5.74, 6) is 0. The molecule has 3 rings (SSSR count). The number of amides is 1. The van der Waals surface area contributed by atoms with Crippen LogP contribution in [0.15, 0.2) is 40.7 Å². The van der Waals surface area contributed by atoms with Gasteiger partial charge in [-0.3, -0.25) is 9.62 Å². The summed E-state index contributed by atoms with van der Waals surface area (Å²) in [4.78, 5) is 18.2. The van der Waals surface area contributed by atoms with E-state index in [2.05, 4.69) is 15.0 Å². The topological polar surface area (TPSA) is 101 Å². The Morgan fingerprint density at radius 1 is 1.30 bits per heavy atom. The number of nitrogens with zero attached hydrogens (tertiary/aromatic N) is 2. The molecule has 0 spiro atoms. The van der Waals surface area contributed by atoms with E-state index < -0.39 is 21.7 Å². The van der Waals surface area contributed by atoms with Crippen molar-refractivity contribution >= 4 is 38.3 Å². The SMILES string of the molecule is CC(C)(C)OC(=O)N(c1ccc(S(=O)(=O)Nc2nccs2)cc1)C1CNC1. The van der Waals surface area contributed by atoms with E-state index in [1.165, 1.54) is 29.7 Å². The van der Waals surface area contributed by atoms with Gasteiger partial charge in [-0.1, -0.05) is 0 Å². The minimum absolute atomic E-state index is 0.0317. The first-order chi connectivity index (χ1) is 12.7.